The van der Waals surface area contributed by atoms with Crippen molar-refractivity contribution in [3.05, 3.63) is 42.2 Å². The van der Waals surface area contributed by atoms with Crippen LogP contribution in [0.3, 0.4) is 0 Å². The molecule has 0 N–H and O–H groups in total. The van der Waals surface area contributed by atoms with Gasteiger partial charge in [0.1, 0.15) is 5.76 Å². The predicted molar refractivity (Wildman–Crippen MR) is 81.4 cm³/mol. The smallest absolute Gasteiger partial charge is 0.416 e. The van der Waals surface area contributed by atoms with Crippen LogP contribution in [0.25, 0.3) is 11.3 Å². The lowest BCUT2D eigenvalue weighted by molar-refractivity contribution is -0.137. The van der Waals surface area contributed by atoms with Crippen LogP contribution in [0.1, 0.15) is 19.4 Å². The molecule has 1 aliphatic heterocycles. The SMILES string of the molecule is CC1CN(c2ccc(C(F)(F)F)cc2-c2ccco2)CC(C)O1. The number of halogens is 3. The van der Waals surface area contributed by atoms with E-state index in [-0.39, 0.29) is 12.2 Å². The number of benzene rings is 1. The Morgan fingerprint density at radius 3 is 2.35 bits per heavy atom. The second-order valence-corrected chi connectivity index (χ2v) is 5.87. The van der Waals surface area contributed by atoms with Crippen LogP contribution in [-0.4, -0.2) is 25.3 Å². The van der Waals surface area contributed by atoms with Gasteiger partial charge in [0.25, 0.3) is 0 Å². The standard InChI is InChI=1S/C17H18F3NO2/c1-11-9-21(10-12(2)23-11)15-6-5-13(17(18,19)20)8-14(15)16-4-3-7-22-16/h3-8,11-12H,9-10H2,1-2H3. The van der Waals surface area contributed by atoms with Crippen molar-refractivity contribution in [3.8, 4) is 11.3 Å². The first-order chi connectivity index (χ1) is 10.8. The minimum absolute atomic E-state index is 0.0190. The molecule has 0 amide bonds. The third-order valence-corrected chi connectivity index (χ3v) is 3.87. The van der Waals surface area contributed by atoms with Crippen LogP contribution in [-0.2, 0) is 10.9 Å². The maximum atomic E-state index is 13.0. The number of morpholine rings is 1. The van der Waals surface area contributed by atoms with E-state index in [2.05, 4.69) is 4.90 Å². The average Bonchev–Trinajstić information content (AvgIpc) is 2.98. The average molecular weight is 325 g/mol. The van der Waals surface area contributed by atoms with E-state index in [1.54, 1.807) is 12.1 Å². The second kappa shape index (κ2) is 5.92. The van der Waals surface area contributed by atoms with E-state index >= 15 is 0 Å². The van der Waals surface area contributed by atoms with Gasteiger partial charge in [-0.05, 0) is 44.2 Å². The summed E-state index contributed by atoms with van der Waals surface area (Å²) in [7, 11) is 0. The summed E-state index contributed by atoms with van der Waals surface area (Å²) in [6.45, 7) is 5.17. The van der Waals surface area contributed by atoms with Gasteiger partial charge in [-0.2, -0.15) is 13.2 Å². The van der Waals surface area contributed by atoms with Gasteiger partial charge in [-0.3, -0.25) is 0 Å². The normalized spacial score (nSPS) is 22.4. The summed E-state index contributed by atoms with van der Waals surface area (Å²) >= 11 is 0. The van der Waals surface area contributed by atoms with E-state index in [4.69, 9.17) is 9.15 Å². The van der Waals surface area contributed by atoms with Crippen molar-refractivity contribution in [2.24, 2.45) is 0 Å². The predicted octanol–water partition coefficient (Wildman–Crippen LogP) is 4.58. The van der Waals surface area contributed by atoms with Crippen LogP contribution < -0.4 is 4.90 Å². The lowest BCUT2D eigenvalue weighted by atomic mass is 10.0. The van der Waals surface area contributed by atoms with Gasteiger partial charge in [0.2, 0.25) is 0 Å². The molecule has 6 heteroatoms. The highest BCUT2D eigenvalue weighted by atomic mass is 19.4. The summed E-state index contributed by atoms with van der Waals surface area (Å²) in [5.74, 6) is 0.429. The molecule has 0 saturated carbocycles. The quantitative estimate of drug-likeness (QED) is 0.808. The molecule has 23 heavy (non-hydrogen) atoms. The molecule has 0 spiro atoms. The molecule has 3 rings (SSSR count). The molecular formula is C17H18F3NO2. The van der Waals surface area contributed by atoms with Crippen LogP contribution in [0, 0.1) is 0 Å². The number of alkyl halides is 3. The van der Waals surface area contributed by atoms with E-state index in [0.29, 0.717) is 24.4 Å². The number of nitrogens with zero attached hydrogens (tertiary/aromatic N) is 1. The molecule has 124 valence electrons. The maximum Gasteiger partial charge on any atom is 0.416 e. The first-order valence-electron chi connectivity index (χ1n) is 7.50. The van der Waals surface area contributed by atoms with Gasteiger partial charge in [0.15, 0.2) is 0 Å². The fourth-order valence-corrected chi connectivity index (χ4v) is 2.99. The first kappa shape index (κ1) is 15.9. The monoisotopic (exact) mass is 325 g/mol. The molecule has 1 fully saturated rings. The van der Waals surface area contributed by atoms with Crippen molar-refractivity contribution in [2.45, 2.75) is 32.2 Å². The van der Waals surface area contributed by atoms with E-state index in [1.807, 2.05) is 13.8 Å². The molecule has 0 aliphatic carbocycles. The first-order valence-corrected chi connectivity index (χ1v) is 7.50. The van der Waals surface area contributed by atoms with Crippen molar-refractivity contribution in [1.82, 2.24) is 0 Å². The molecule has 2 unspecified atom stereocenters. The van der Waals surface area contributed by atoms with Gasteiger partial charge in [-0.15, -0.1) is 0 Å². The Morgan fingerprint density at radius 1 is 1.09 bits per heavy atom. The Labute approximate surface area is 132 Å². The number of anilines is 1. The Kier molecular flexibility index (Phi) is 4.10. The highest BCUT2D eigenvalue weighted by molar-refractivity contribution is 5.76. The zero-order valence-corrected chi connectivity index (χ0v) is 12.9. The largest absolute Gasteiger partial charge is 0.464 e. The van der Waals surface area contributed by atoms with Gasteiger partial charge in [0, 0.05) is 24.3 Å². The zero-order valence-electron chi connectivity index (χ0n) is 12.9. The topological polar surface area (TPSA) is 25.6 Å². The van der Waals surface area contributed by atoms with Crippen LogP contribution in [0.15, 0.2) is 41.0 Å². The maximum absolute atomic E-state index is 13.0. The minimum atomic E-state index is -4.38. The summed E-state index contributed by atoms with van der Waals surface area (Å²) in [5.41, 5.74) is 0.503. The van der Waals surface area contributed by atoms with Gasteiger partial charge >= 0.3 is 6.18 Å². The molecular weight excluding hydrogens is 307 g/mol. The number of hydrogen-bond acceptors (Lipinski definition) is 3. The van der Waals surface area contributed by atoms with Crippen LogP contribution in [0.5, 0.6) is 0 Å². The van der Waals surface area contributed by atoms with E-state index in [1.165, 1.54) is 12.3 Å². The molecule has 1 aromatic heterocycles. The lowest BCUT2D eigenvalue weighted by Crippen LogP contribution is -2.45. The fourth-order valence-electron chi connectivity index (χ4n) is 2.99. The minimum Gasteiger partial charge on any atom is -0.464 e. The van der Waals surface area contributed by atoms with Crippen LogP contribution in [0.4, 0.5) is 18.9 Å². The van der Waals surface area contributed by atoms with Crippen molar-refractivity contribution >= 4 is 5.69 Å². The highest BCUT2D eigenvalue weighted by Crippen LogP contribution is 2.38. The molecule has 2 aromatic rings. The summed E-state index contributed by atoms with van der Waals surface area (Å²) in [6.07, 6.45) is -2.88. The Bertz CT molecular complexity index is 657. The Morgan fingerprint density at radius 2 is 1.78 bits per heavy atom. The Balaban J connectivity index is 2.06. The molecule has 0 bridgehead atoms. The molecule has 3 nitrogen and oxygen atoms in total. The highest BCUT2D eigenvalue weighted by Gasteiger charge is 2.32. The molecule has 2 atom stereocenters. The van der Waals surface area contributed by atoms with Crippen LogP contribution >= 0.6 is 0 Å². The number of furan rings is 1. The molecule has 0 radical (unpaired) electrons. The van der Waals surface area contributed by atoms with Gasteiger partial charge < -0.3 is 14.1 Å². The lowest BCUT2D eigenvalue weighted by Gasteiger charge is -2.37. The third kappa shape index (κ3) is 3.37. The van der Waals surface area contributed by atoms with Crippen molar-refractivity contribution in [2.75, 3.05) is 18.0 Å². The number of ether oxygens (including phenoxy) is 1. The molecule has 2 heterocycles. The van der Waals surface area contributed by atoms with Gasteiger partial charge in [0.05, 0.1) is 24.0 Å². The molecule has 1 aromatic carbocycles. The van der Waals surface area contributed by atoms with E-state index < -0.39 is 11.7 Å². The third-order valence-electron chi connectivity index (χ3n) is 3.87. The fraction of sp³-hybridized carbons (Fsp3) is 0.412. The summed E-state index contributed by atoms with van der Waals surface area (Å²) in [5, 5.41) is 0. The van der Waals surface area contributed by atoms with E-state index in [0.717, 1.165) is 17.8 Å². The Hall–Kier alpha value is -1.95. The summed E-state index contributed by atoms with van der Waals surface area (Å²) in [4.78, 5) is 2.05. The molecule has 1 saturated heterocycles. The van der Waals surface area contributed by atoms with E-state index in [9.17, 15) is 13.2 Å². The van der Waals surface area contributed by atoms with Crippen molar-refractivity contribution in [3.63, 3.8) is 0 Å². The summed E-state index contributed by atoms with van der Waals surface area (Å²) < 4.78 is 50.2. The zero-order chi connectivity index (χ0) is 16.6. The number of hydrogen-bond donors (Lipinski definition) is 0. The van der Waals surface area contributed by atoms with Crippen molar-refractivity contribution in [1.29, 1.82) is 0 Å². The van der Waals surface area contributed by atoms with Gasteiger partial charge in [-0.1, -0.05) is 0 Å². The van der Waals surface area contributed by atoms with Crippen molar-refractivity contribution < 1.29 is 22.3 Å². The van der Waals surface area contributed by atoms with Gasteiger partial charge in [-0.25, -0.2) is 0 Å². The summed E-state index contributed by atoms with van der Waals surface area (Å²) in [6, 6.07) is 7.13. The number of rotatable bonds is 2. The second-order valence-electron chi connectivity index (χ2n) is 5.87. The molecule has 1 aliphatic rings. The van der Waals surface area contributed by atoms with Crippen LogP contribution in [0.2, 0.25) is 0 Å².